The molecule has 0 bridgehead atoms. The van der Waals surface area contributed by atoms with Crippen LogP contribution in [0.15, 0.2) is 48.5 Å². The van der Waals surface area contributed by atoms with Gasteiger partial charge in [-0.3, -0.25) is 10.1 Å². The van der Waals surface area contributed by atoms with Gasteiger partial charge in [0.05, 0.1) is 6.61 Å². The Morgan fingerprint density at radius 2 is 1.78 bits per heavy atom. The van der Waals surface area contributed by atoms with Crippen LogP contribution in [0.4, 0.5) is 5.69 Å². The van der Waals surface area contributed by atoms with Crippen LogP contribution in [0.2, 0.25) is 0 Å². The lowest BCUT2D eigenvalue weighted by atomic mass is 9.87. The maximum atomic E-state index is 12.4. The van der Waals surface area contributed by atoms with Crippen molar-refractivity contribution in [2.45, 2.75) is 26.2 Å². The van der Waals surface area contributed by atoms with Gasteiger partial charge >= 0.3 is 0 Å². The van der Waals surface area contributed by atoms with Crippen molar-refractivity contribution in [2.24, 2.45) is 0 Å². The normalized spacial score (nSPS) is 11.0. The number of methoxy groups -OCH3 is 1. The second-order valence-electron chi connectivity index (χ2n) is 7.10. The Kier molecular flexibility index (Phi) is 7.33. The Morgan fingerprint density at radius 3 is 2.41 bits per heavy atom. The highest BCUT2D eigenvalue weighted by atomic mass is 32.1. The fraction of sp³-hybridized carbons (Fsp3) is 0.333. The van der Waals surface area contributed by atoms with Crippen molar-refractivity contribution in [3.05, 3.63) is 59.7 Å². The van der Waals surface area contributed by atoms with Crippen molar-refractivity contribution < 1.29 is 14.3 Å². The minimum Gasteiger partial charge on any atom is -0.491 e. The van der Waals surface area contributed by atoms with Gasteiger partial charge in [0, 0.05) is 24.4 Å². The molecule has 2 N–H and O–H groups in total. The molecule has 5 nitrogen and oxygen atoms in total. The van der Waals surface area contributed by atoms with Gasteiger partial charge in [-0.1, -0.05) is 39.0 Å². The molecule has 144 valence electrons. The van der Waals surface area contributed by atoms with E-state index in [0.717, 1.165) is 5.69 Å². The summed E-state index contributed by atoms with van der Waals surface area (Å²) in [5.41, 5.74) is 2.51. The van der Waals surface area contributed by atoms with Crippen LogP contribution in [0, 0.1) is 0 Å². The summed E-state index contributed by atoms with van der Waals surface area (Å²) < 4.78 is 10.5. The number of carbonyl (C=O) groups excluding carboxylic acids is 1. The third kappa shape index (κ3) is 6.66. The number of ether oxygens (including phenoxy) is 2. The highest BCUT2D eigenvalue weighted by Gasteiger charge is 2.14. The maximum absolute atomic E-state index is 12.4. The van der Waals surface area contributed by atoms with Crippen molar-refractivity contribution in [3.63, 3.8) is 0 Å². The lowest BCUT2D eigenvalue weighted by molar-refractivity contribution is 0.0977. The summed E-state index contributed by atoms with van der Waals surface area (Å²) in [6.45, 7) is 7.38. The zero-order valence-corrected chi connectivity index (χ0v) is 17.0. The molecule has 0 saturated heterocycles. The van der Waals surface area contributed by atoms with Gasteiger partial charge < -0.3 is 14.8 Å². The summed E-state index contributed by atoms with van der Waals surface area (Å²) in [6, 6.07) is 14.9. The number of amides is 1. The molecule has 6 heteroatoms. The first-order valence-corrected chi connectivity index (χ1v) is 9.15. The van der Waals surface area contributed by atoms with E-state index in [1.807, 2.05) is 48.5 Å². The molecule has 0 saturated carbocycles. The summed E-state index contributed by atoms with van der Waals surface area (Å²) in [5.74, 6) is 0.449. The van der Waals surface area contributed by atoms with Gasteiger partial charge in [-0.15, -0.1) is 0 Å². The lowest BCUT2D eigenvalue weighted by Crippen LogP contribution is -2.34. The van der Waals surface area contributed by atoms with Crippen molar-refractivity contribution in [1.82, 2.24) is 5.32 Å². The molecule has 0 spiro atoms. The topological polar surface area (TPSA) is 59.6 Å². The van der Waals surface area contributed by atoms with E-state index in [-0.39, 0.29) is 16.4 Å². The summed E-state index contributed by atoms with van der Waals surface area (Å²) in [5, 5.41) is 5.92. The van der Waals surface area contributed by atoms with E-state index in [1.54, 1.807) is 7.11 Å². The zero-order valence-electron chi connectivity index (χ0n) is 16.2. The second-order valence-corrected chi connectivity index (χ2v) is 7.51. The molecule has 0 unspecified atom stereocenters. The minimum atomic E-state index is -0.250. The molecule has 0 radical (unpaired) electrons. The van der Waals surface area contributed by atoms with Crippen molar-refractivity contribution in [2.75, 3.05) is 25.6 Å². The van der Waals surface area contributed by atoms with Gasteiger partial charge in [0.25, 0.3) is 5.91 Å². The largest absolute Gasteiger partial charge is 0.491 e. The zero-order chi connectivity index (χ0) is 19.9. The second kappa shape index (κ2) is 9.48. The molecule has 0 heterocycles. The SMILES string of the molecule is COCCOc1cccc(NC(=S)NC(=O)c2ccc(C(C)(C)C)cc2)c1. The monoisotopic (exact) mass is 386 g/mol. The molecule has 2 aromatic rings. The van der Waals surface area contributed by atoms with Crippen LogP contribution in [0.3, 0.4) is 0 Å². The number of hydrogen-bond acceptors (Lipinski definition) is 4. The number of rotatable bonds is 6. The molecule has 0 aliphatic rings. The Bertz CT molecular complexity index is 783. The lowest BCUT2D eigenvalue weighted by Gasteiger charge is -2.19. The highest BCUT2D eigenvalue weighted by molar-refractivity contribution is 7.80. The minimum absolute atomic E-state index is 0.0439. The van der Waals surface area contributed by atoms with Gasteiger partial charge in [-0.2, -0.15) is 0 Å². The molecule has 2 rings (SSSR count). The van der Waals surface area contributed by atoms with Crippen LogP contribution < -0.4 is 15.4 Å². The van der Waals surface area contributed by atoms with Crippen LogP contribution in [-0.2, 0) is 10.2 Å². The highest BCUT2D eigenvalue weighted by Crippen LogP contribution is 2.22. The van der Waals surface area contributed by atoms with Crippen LogP contribution >= 0.6 is 12.2 Å². The molecule has 0 aromatic heterocycles. The molecule has 0 atom stereocenters. The Labute approximate surface area is 166 Å². The average Bonchev–Trinajstić information content (AvgIpc) is 2.61. The molecular formula is C21H26N2O3S. The number of nitrogens with one attached hydrogen (secondary N) is 2. The first-order chi connectivity index (χ1) is 12.8. The van der Waals surface area contributed by atoms with E-state index in [1.165, 1.54) is 5.56 Å². The molecule has 0 aliphatic carbocycles. The molecule has 0 aliphatic heterocycles. The molecule has 0 fully saturated rings. The first-order valence-electron chi connectivity index (χ1n) is 8.74. The summed E-state index contributed by atoms with van der Waals surface area (Å²) in [7, 11) is 1.62. The van der Waals surface area contributed by atoms with E-state index in [9.17, 15) is 4.79 Å². The number of benzene rings is 2. The third-order valence-corrected chi connectivity index (χ3v) is 4.09. The van der Waals surface area contributed by atoms with Gasteiger partial charge in [-0.25, -0.2) is 0 Å². The quantitative estimate of drug-likeness (QED) is 0.577. The fourth-order valence-electron chi connectivity index (χ4n) is 2.37. The van der Waals surface area contributed by atoms with Gasteiger partial charge in [-0.05, 0) is 47.5 Å². The van der Waals surface area contributed by atoms with Gasteiger partial charge in [0.1, 0.15) is 12.4 Å². The fourth-order valence-corrected chi connectivity index (χ4v) is 2.58. The van der Waals surface area contributed by atoms with E-state index >= 15 is 0 Å². The van der Waals surface area contributed by atoms with Gasteiger partial charge in [0.2, 0.25) is 0 Å². The number of carbonyl (C=O) groups is 1. The summed E-state index contributed by atoms with van der Waals surface area (Å²) in [4.78, 5) is 12.4. The Hall–Kier alpha value is -2.44. The van der Waals surface area contributed by atoms with Crippen LogP contribution in [-0.4, -0.2) is 31.3 Å². The van der Waals surface area contributed by atoms with Crippen LogP contribution in [0.5, 0.6) is 5.75 Å². The standard InChI is InChI=1S/C21H26N2O3S/c1-21(2,3)16-10-8-15(9-11-16)19(24)23-20(27)22-17-6-5-7-18(14-17)26-13-12-25-4/h5-11,14H,12-13H2,1-4H3,(H2,22,23,24,27). The van der Waals surface area contributed by atoms with E-state index in [4.69, 9.17) is 21.7 Å². The smallest absolute Gasteiger partial charge is 0.257 e. The molecule has 27 heavy (non-hydrogen) atoms. The number of anilines is 1. The summed E-state index contributed by atoms with van der Waals surface area (Å²) in [6.07, 6.45) is 0. The number of thiocarbonyl (C=S) groups is 1. The maximum Gasteiger partial charge on any atom is 0.257 e. The van der Waals surface area contributed by atoms with Crippen molar-refractivity contribution in [1.29, 1.82) is 0 Å². The predicted octanol–water partition coefficient (Wildman–Crippen LogP) is 4.14. The molecule has 2 aromatic carbocycles. The van der Waals surface area contributed by atoms with Crippen LogP contribution in [0.1, 0.15) is 36.7 Å². The predicted molar refractivity (Wildman–Crippen MR) is 113 cm³/mol. The average molecular weight is 387 g/mol. The van der Waals surface area contributed by atoms with Crippen molar-refractivity contribution >= 4 is 28.9 Å². The first kappa shape index (κ1) is 20.9. The van der Waals surface area contributed by atoms with E-state index in [2.05, 4.69) is 31.4 Å². The Balaban J connectivity index is 1.93. The summed E-state index contributed by atoms with van der Waals surface area (Å²) >= 11 is 5.24. The van der Waals surface area contributed by atoms with E-state index in [0.29, 0.717) is 24.5 Å². The number of hydrogen-bond donors (Lipinski definition) is 2. The molecular weight excluding hydrogens is 360 g/mol. The van der Waals surface area contributed by atoms with E-state index < -0.39 is 0 Å². The van der Waals surface area contributed by atoms with Gasteiger partial charge in [0.15, 0.2) is 5.11 Å². The molecule has 1 amide bonds. The van der Waals surface area contributed by atoms with Crippen molar-refractivity contribution in [3.8, 4) is 5.75 Å². The third-order valence-electron chi connectivity index (χ3n) is 3.89. The van der Waals surface area contributed by atoms with Crippen LogP contribution in [0.25, 0.3) is 0 Å². The Morgan fingerprint density at radius 1 is 1.07 bits per heavy atom.